The molecule has 0 radical (unpaired) electrons. The number of hydrogen-bond acceptors (Lipinski definition) is 4. The number of carbonyl (C=O) groups excluding carboxylic acids is 1. The maximum Gasteiger partial charge on any atom is 0.354 e. The first-order valence-corrected chi connectivity index (χ1v) is 6.44. The third-order valence-electron chi connectivity index (χ3n) is 3.01. The Morgan fingerprint density at radius 2 is 2.15 bits per heavy atom. The largest absolute Gasteiger partial charge is 0.464 e. The van der Waals surface area contributed by atoms with E-state index < -0.39 is 5.97 Å². The molecular formula is C15H13ClN2O2. The SMILES string of the molecule is COC(=O)C1=CC(C#N)=CCC(c2ccc(Cl)cc2)N1. The first-order valence-electron chi connectivity index (χ1n) is 6.06. The fraction of sp³-hybridized carbons (Fsp3) is 0.200. The maximum atomic E-state index is 11.7. The summed E-state index contributed by atoms with van der Waals surface area (Å²) in [7, 11) is 1.31. The molecule has 0 fully saturated rings. The van der Waals surface area contributed by atoms with Gasteiger partial charge < -0.3 is 10.1 Å². The van der Waals surface area contributed by atoms with Crippen molar-refractivity contribution in [1.82, 2.24) is 5.32 Å². The molecule has 1 heterocycles. The van der Waals surface area contributed by atoms with Crippen LogP contribution in [-0.4, -0.2) is 13.1 Å². The lowest BCUT2D eigenvalue weighted by Gasteiger charge is -2.18. The highest BCUT2D eigenvalue weighted by atomic mass is 35.5. The first kappa shape index (κ1) is 14.2. The average Bonchev–Trinajstić information content (AvgIpc) is 2.70. The molecule has 1 aliphatic heterocycles. The zero-order valence-electron chi connectivity index (χ0n) is 10.9. The predicted octanol–water partition coefficient (Wildman–Crippen LogP) is 2.88. The van der Waals surface area contributed by atoms with Crippen LogP contribution in [0.15, 0.2) is 47.7 Å². The zero-order chi connectivity index (χ0) is 14.5. The normalized spacial score (nSPS) is 17.9. The summed E-state index contributed by atoms with van der Waals surface area (Å²) >= 11 is 5.87. The van der Waals surface area contributed by atoms with E-state index in [2.05, 4.69) is 5.32 Å². The molecule has 1 unspecified atom stereocenters. The second kappa shape index (κ2) is 6.27. The molecule has 0 aliphatic carbocycles. The smallest absolute Gasteiger partial charge is 0.354 e. The number of carbonyl (C=O) groups is 1. The Bertz CT molecular complexity index is 612. The minimum Gasteiger partial charge on any atom is -0.464 e. The summed E-state index contributed by atoms with van der Waals surface area (Å²) in [4.78, 5) is 11.7. The van der Waals surface area contributed by atoms with Crippen molar-refractivity contribution in [3.63, 3.8) is 0 Å². The summed E-state index contributed by atoms with van der Waals surface area (Å²) in [6.07, 6.45) is 3.89. The van der Waals surface area contributed by atoms with E-state index >= 15 is 0 Å². The number of esters is 1. The fourth-order valence-electron chi connectivity index (χ4n) is 1.97. The summed E-state index contributed by atoms with van der Waals surface area (Å²) in [5, 5.41) is 12.8. The summed E-state index contributed by atoms with van der Waals surface area (Å²) in [5.74, 6) is -0.494. The molecule has 4 nitrogen and oxygen atoms in total. The molecule has 0 saturated heterocycles. The molecule has 0 amide bonds. The first-order chi connectivity index (χ1) is 9.63. The summed E-state index contributed by atoms with van der Waals surface area (Å²) in [6.45, 7) is 0. The van der Waals surface area contributed by atoms with Crippen LogP contribution in [0.4, 0.5) is 0 Å². The fourth-order valence-corrected chi connectivity index (χ4v) is 2.09. The predicted molar refractivity (Wildman–Crippen MR) is 75.7 cm³/mol. The molecule has 1 aromatic rings. The van der Waals surface area contributed by atoms with Crippen molar-refractivity contribution in [2.45, 2.75) is 12.5 Å². The van der Waals surface area contributed by atoms with Crippen LogP contribution in [0.5, 0.6) is 0 Å². The monoisotopic (exact) mass is 288 g/mol. The van der Waals surface area contributed by atoms with Crippen molar-refractivity contribution < 1.29 is 9.53 Å². The molecule has 1 N–H and O–H groups in total. The van der Waals surface area contributed by atoms with Crippen LogP contribution in [-0.2, 0) is 9.53 Å². The van der Waals surface area contributed by atoms with Gasteiger partial charge in [0.05, 0.1) is 24.8 Å². The Morgan fingerprint density at radius 3 is 2.75 bits per heavy atom. The van der Waals surface area contributed by atoms with Crippen LogP contribution in [0.1, 0.15) is 18.0 Å². The van der Waals surface area contributed by atoms with E-state index in [1.807, 2.05) is 18.2 Å². The summed E-state index contributed by atoms with van der Waals surface area (Å²) < 4.78 is 4.71. The highest BCUT2D eigenvalue weighted by molar-refractivity contribution is 6.30. The van der Waals surface area contributed by atoms with Crippen LogP contribution < -0.4 is 5.32 Å². The van der Waals surface area contributed by atoms with Gasteiger partial charge in [0.1, 0.15) is 5.70 Å². The lowest BCUT2D eigenvalue weighted by atomic mass is 10.0. The number of nitrogens with zero attached hydrogens (tertiary/aromatic N) is 1. The number of halogens is 1. The number of allylic oxidation sites excluding steroid dienone is 2. The minimum atomic E-state index is -0.494. The highest BCUT2D eigenvalue weighted by Gasteiger charge is 2.20. The van der Waals surface area contributed by atoms with E-state index in [1.165, 1.54) is 13.2 Å². The van der Waals surface area contributed by atoms with Gasteiger partial charge in [0.2, 0.25) is 0 Å². The van der Waals surface area contributed by atoms with Crippen molar-refractivity contribution in [2.24, 2.45) is 0 Å². The Labute approximate surface area is 122 Å². The molecule has 5 heteroatoms. The molecule has 1 aliphatic rings. The van der Waals surface area contributed by atoms with Crippen molar-refractivity contribution >= 4 is 17.6 Å². The van der Waals surface area contributed by atoms with Crippen LogP contribution in [0.25, 0.3) is 0 Å². The van der Waals surface area contributed by atoms with Crippen LogP contribution in [0.2, 0.25) is 5.02 Å². The molecule has 1 aromatic carbocycles. The molecule has 0 saturated carbocycles. The van der Waals surface area contributed by atoms with Gasteiger partial charge >= 0.3 is 5.97 Å². The van der Waals surface area contributed by atoms with E-state index in [-0.39, 0.29) is 11.7 Å². The van der Waals surface area contributed by atoms with E-state index in [1.54, 1.807) is 18.2 Å². The number of methoxy groups -OCH3 is 1. The Morgan fingerprint density at radius 1 is 1.45 bits per heavy atom. The summed E-state index contributed by atoms with van der Waals surface area (Å²) in [5.41, 5.74) is 1.70. The van der Waals surface area contributed by atoms with E-state index in [4.69, 9.17) is 21.6 Å². The van der Waals surface area contributed by atoms with Gasteiger partial charge in [-0.15, -0.1) is 0 Å². The second-order valence-corrected chi connectivity index (χ2v) is 4.74. The zero-order valence-corrected chi connectivity index (χ0v) is 11.6. The molecule has 1 atom stereocenters. The number of rotatable bonds is 2. The summed E-state index contributed by atoms with van der Waals surface area (Å²) in [6, 6.07) is 9.30. The molecule has 2 rings (SSSR count). The topological polar surface area (TPSA) is 62.1 Å². The lowest BCUT2D eigenvalue weighted by Crippen LogP contribution is -2.25. The van der Waals surface area contributed by atoms with Gasteiger partial charge in [-0.05, 0) is 30.2 Å². The Kier molecular flexibility index (Phi) is 4.44. The van der Waals surface area contributed by atoms with Gasteiger partial charge in [-0.3, -0.25) is 0 Å². The Hall–Kier alpha value is -2.25. The average molecular weight is 289 g/mol. The van der Waals surface area contributed by atoms with Crippen molar-refractivity contribution in [3.05, 3.63) is 58.3 Å². The van der Waals surface area contributed by atoms with Crippen molar-refractivity contribution in [2.75, 3.05) is 7.11 Å². The van der Waals surface area contributed by atoms with E-state index in [9.17, 15) is 4.79 Å². The molecule has 102 valence electrons. The number of benzene rings is 1. The van der Waals surface area contributed by atoms with Gasteiger partial charge in [-0.25, -0.2) is 4.79 Å². The number of nitriles is 1. The lowest BCUT2D eigenvalue weighted by molar-refractivity contribution is -0.136. The van der Waals surface area contributed by atoms with E-state index in [0.717, 1.165) is 5.56 Å². The second-order valence-electron chi connectivity index (χ2n) is 4.31. The highest BCUT2D eigenvalue weighted by Crippen LogP contribution is 2.24. The molecule has 0 aromatic heterocycles. The number of ether oxygens (including phenoxy) is 1. The maximum absolute atomic E-state index is 11.7. The number of nitrogens with one attached hydrogen (secondary N) is 1. The van der Waals surface area contributed by atoms with Gasteiger partial charge in [-0.2, -0.15) is 5.26 Å². The molecular weight excluding hydrogens is 276 g/mol. The van der Waals surface area contributed by atoms with E-state index in [0.29, 0.717) is 17.0 Å². The third-order valence-corrected chi connectivity index (χ3v) is 3.26. The molecule has 20 heavy (non-hydrogen) atoms. The van der Waals surface area contributed by atoms with Crippen molar-refractivity contribution in [1.29, 1.82) is 5.26 Å². The quantitative estimate of drug-likeness (QED) is 0.850. The van der Waals surface area contributed by atoms with Crippen LogP contribution in [0.3, 0.4) is 0 Å². The van der Waals surface area contributed by atoms with Crippen molar-refractivity contribution in [3.8, 4) is 6.07 Å². The number of hydrogen-bond donors (Lipinski definition) is 1. The van der Waals surface area contributed by atoms with Gasteiger partial charge in [0.25, 0.3) is 0 Å². The van der Waals surface area contributed by atoms with Crippen LogP contribution in [0, 0.1) is 11.3 Å². The Balaban J connectivity index is 2.31. The standard InChI is InChI=1S/C15H13ClN2O2/c1-20-15(19)14-8-10(9-17)2-7-13(18-14)11-3-5-12(16)6-4-11/h2-6,8,13,18H,7H2,1H3. The van der Waals surface area contributed by atoms with Crippen LogP contribution >= 0.6 is 11.6 Å². The van der Waals surface area contributed by atoms with Gasteiger partial charge in [0, 0.05) is 5.02 Å². The molecule has 0 bridgehead atoms. The van der Waals surface area contributed by atoms with Gasteiger partial charge in [-0.1, -0.05) is 29.8 Å². The third kappa shape index (κ3) is 3.19. The van der Waals surface area contributed by atoms with Gasteiger partial charge in [0.15, 0.2) is 0 Å². The molecule has 0 spiro atoms. The minimum absolute atomic E-state index is 0.108.